The molecule has 1 saturated carbocycles. The third-order valence-electron chi connectivity index (χ3n) is 3.63. The predicted octanol–water partition coefficient (Wildman–Crippen LogP) is 1.60. The highest BCUT2D eigenvalue weighted by atomic mass is 32.2. The van der Waals surface area contributed by atoms with Gasteiger partial charge in [-0.2, -0.15) is 0 Å². The Balaban J connectivity index is 2.42. The standard InChI is InChI=1S/C13H27NO3S/c1-4-14-12(13(17-3)11-8-9-11)7-6-10-18(15,16)5-2/h11-14H,4-10H2,1-3H3. The summed E-state index contributed by atoms with van der Waals surface area (Å²) in [5, 5.41) is 3.44. The summed E-state index contributed by atoms with van der Waals surface area (Å²) in [7, 11) is -1.08. The number of likely N-dealkylation sites (N-methyl/N-ethyl adjacent to an activating group) is 1. The van der Waals surface area contributed by atoms with Crippen LogP contribution in [0.2, 0.25) is 0 Å². The van der Waals surface area contributed by atoms with Gasteiger partial charge in [0.1, 0.15) is 9.84 Å². The van der Waals surface area contributed by atoms with Crippen molar-refractivity contribution in [2.75, 3.05) is 25.2 Å². The van der Waals surface area contributed by atoms with Crippen molar-refractivity contribution < 1.29 is 13.2 Å². The van der Waals surface area contributed by atoms with Gasteiger partial charge < -0.3 is 10.1 Å². The van der Waals surface area contributed by atoms with Crippen molar-refractivity contribution in [3.8, 4) is 0 Å². The van der Waals surface area contributed by atoms with E-state index >= 15 is 0 Å². The number of sulfone groups is 1. The fourth-order valence-electron chi connectivity index (χ4n) is 2.42. The normalized spacial score (nSPS) is 19.7. The Morgan fingerprint density at radius 1 is 1.33 bits per heavy atom. The van der Waals surface area contributed by atoms with Gasteiger partial charge in [-0.05, 0) is 38.1 Å². The van der Waals surface area contributed by atoms with Gasteiger partial charge in [-0.25, -0.2) is 8.42 Å². The van der Waals surface area contributed by atoms with E-state index in [4.69, 9.17) is 4.74 Å². The lowest BCUT2D eigenvalue weighted by Crippen LogP contribution is -2.42. The minimum atomic E-state index is -2.84. The summed E-state index contributed by atoms with van der Waals surface area (Å²) in [5.41, 5.74) is 0. The van der Waals surface area contributed by atoms with E-state index in [9.17, 15) is 8.42 Å². The lowest BCUT2D eigenvalue weighted by atomic mass is 10.0. The number of methoxy groups -OCH3 is 1. The Kier molecular flexibility index (Phi) is 6.60. The molecule has 5 heteroatoms. The molecule has 0 aliphatic heterocycles. The second-order valence-corrected chi connectivity index (χ2v) is 7.55. The van der Waals surface area contributed by atoms with Crippen LogP contribution in [0.4, 0.5) is 0 Å². The zero-order valence-electron chi connectivity index (χ0n) is 11.8. The van der Waals surface area contributed by atoms with Crippen LogP contribution in [0.25, 0.3) is 0 Å². The molecule has 108 valence electrons. The van der Waals surface area contributed by atoms with Crippen LogP contribution in [0.1, 0.15) is 39.5 Å². The lowest BCUT2D eigenvalue weighted by molar-refractivity contribution is 0.0487. The van der Waals surface area contributed by atoms with Crippen molar-refractivity contribution in [3.63, 3.8) is 0 Å². The van der Waals surface area contributed by atoms with Crippen molar-refractivity contribution in [2.45, 2.75) is 51.7 Å². The Morgan fingerprint density at radius 3 is 2.44 bits per heavy atom. The molecule has 0 radical (unpaired) electrons. The Bertz CT molecular complexity index is 325. The Hall–Kier alpha value is -0.130. The quantitative estimate of drug-likeness (QED) is 0.659. The van der Waals surface area contributed by atoms with E-state index in [1.807, 2.05) is 0 Å². The highest BCUT2D eigenvalue weighted by molar-refractivity contribution is 7.91. The van der Waals surface area contributed by atoms with Gasteiger partial charge in [0.05, 0.1) is 11.9 Å². The van der Waals surface area contributed by atoms with Gasteiger partial charge in [0.2, 0.25) is 0 Å². The van der Waals surface area contributed by atoms with Gasteiger partial charge in [-0.3, -0.25) is 0 Å². The highest BCUT2D eigenvalue weighted by Crippen LogP contribution is 2.36. The Labute approximate surface area is 111 Å². The summed E-state index contributed by atoms with van der Waals surface area (Å²) in [4.78, 5) is 0. The summed E-state index contributed by atoms with van der Waals surface area (Å²) < 4.78 is 28.5. The Morgan fingerprint density at radius 2 is 2.00 bits per heavy atom. The third-order valence-corrected chi connectivity index (χ3v) is 5.42. The van der Waals surface area contributed by atoms with Gasteiger partial charge in [0.15, 0.2) is 0 Å². The molecule has 1 aliphatic rings. The minimum Gasteiger partial charge on any atom is -0.380 e. The molecular formula is C13H27NO3S. The van der Waals surface area contributed by atoms with E-state index in [1.54, 1.807) is 14.0 Å². The number of hydrogen-bond donors (Lipinski definition) is 1. The van der Waals surface area contributed by atoms with Crippen LogP contribution in [0.5, 0.6) is 0 Å². The molecule has 0 aromatic carbocycles. The number of rotatable bonds is 10. The maximum absolute atomic E-state index is 11.5. The molecule has 0 aromatic rings. The highest BCUT2D eigenvalue weighted by Gasteiger charge is 2.36. The number of nitrogens with one attached hydrogen (secondary N) is 1. The molecule has 0 heterocycles. The molecule has 1 rings (SSSR count). The van der Waals surface area contributed by atoms with E-state index in [0.29, 0.717) is 17.7 Å². The van der Waals surface area contributed by atoms with E-state index in [2.05, 4.69) is 12.2 Å². The molecule has 1 N–H and O–H groups in total. The summed E-state index contributed by atoms with van der Waals surface area (Å²) in [6.07, 6.45) is 4.33. The van der Waals surface area contributed by atoms with Crippen molar-refractivity contribution >= 4 is 9.84 Å². The van der Waals surface area contributed by atoms with E-state index in [0.717, 1.165) is 19.4 Å². The van der Waals surface area contributed by atoms with Crippen molar-refractivity contribution in [2.24, 2.45) is 5.92 Å². The maximum atomic E-state index is 11.5. The monoisotopic (exact) mass is 277 g/mol. The van der Waals surface area contributed by atoms with Crippen LogP contribution in [-0.2, 0) is 14.6 Å². The van der Waals surface area contributed by atoms with Gasteiger partial charge >= 0.3 is 0 Å². The maximum Gasteiger partial charge on any atom is 0.150 e. The molecule has 0 spiro atoms. The first-order valence-corrected chi connectivity index (χ1v) is 8.82. The second kappa shape index (κ2) is 7.46. The van der Waals surface area contributed by atoms with Gasteiger partial charge in [-0.15, -0.1) is 0 Å². The SMILES string of the molecule is CCNC(CCCS(=O)(=O)CC)C(OC)C1CC1. The first-order valence-electron chi connectivity index (χ1n) is 7.00. The van der Waals surface area contributed by atoms with Crippen LogP contribution in [0, 0.1) is 5.92 Å². The van der Waals surface area contributed by atoms with Crippen molar-refractivity contribution in [3.05, 3.63) is 0 Å². The van der Waals surface area contributed by atoms with Crippen LogP contribution in [0.15, 0.2) is 0 Å². The second-order valence-electron chi connectivity index (χ2n) is 5.08. The number of ether oxygens (including phenoxy) is 1. The third kappa shape index (κ3) is 5.24. The van der Waals surface area contributed by atoms with Gasteiger partial charge in [-0.1, -0.05) is 13.8 Å². The fourth-order valence-corrected chi connectivity index (χ4v) is 3.32. The molecule has 0 bridgehead atoms. The molecule has 0 saturated heterocycles. The van der Waals surface area contributed by atoms with Gasteiger partial charge in [0, 0.05) is 18.9 Å². The van der Waals surface area contributed by atoms with Crippen LogP contribution in [-0.4, -0.2) is 45.7 Å². The lowest BCUT2D eigenvalue weighted by Gasteiger charge is -2.26. The molecule has 2 unspecified atom stereocenters. The average molecular weight is 277 g/mol. The topological polar surface area (TPSA) is 55.4 Å². The minimum absolute atomic E-state index is 0.245. The fraction of sp³-hybridized carbons (Fsp3) is 1.00. The summed E-state index contributed by atoms with van der Waals surface area (Å²) in [5.74, 6) is 1.21. The molecule has 0 amide bonds. The molecule has 1 fully saturated rings. The van der Waals surface area contributed by atoms with Crippen molar-refractivity contribution in [1.29, 1.82) is 0 Å². The molecule has 18 heavy (non-hydrogen) atoms. The van der Waals surface area contributed by atoms with Crippen LogP contribution in [0.3, 0.4) is 0 Å². The van der Waals surface area contributed by atoms with E-state index in [1.165, 1.54) is 12.8 Å². The van der Waals surface area contributed by atoms with E-state index < -0.39 is 9.84 Å². The van der Waals surface area contributed by atoms with Gasteiger partial charge in [0.25, 0.3) is 0 Å². The summed E-state index contributed by atoms with van der Waals surface area (Å²) in [6.45, 7) is 4.69. The number of hydrogen-bond acceptors (Lipinski definition) is 4. The molecule has 2 atom stereocenters. The first-order chi connectivity index (χ1) is 8.54. The summed E-state index contributed by atoms with van der Waals surface area (Å²) in [6, 6.07) is 0.291. The predicted molar refractivity (Wildman–Crippen MR) is 74.5 cm³/mol. The molecule has 4 nitrogen and oxygen atoms in total. The smallest absolute Gasteiger partial charge is 0.150 e. The molecule has 1 aliphatic carbocycles. The molecule has 0 aromatic heterocycles. The first kappa shape index (κ1) is 15.9. The zero-order valence-corrected chi connectivity index (χ0v) is 12.6. The van der Waals surface area contributed by atoms with Crippen LogP contribution >= 0.6 is 0 Å². The van der Waals surface area contributed by atoms with Crippen LogP contribution < -0.4 is 5.32 Å². The zero-order chi connectivity index (χ0) is 13.6. The van der Waals surface area contributed by atoms with Crippen molar-refractivity contribution in [1.82, 2.24) is 5.32 Å². The average Bonchev–Trinajstić information content (AvgIpc) is 3.14. The largest absolute Gasteiger partial charge is 0.380 e. The summed E-state index contributed by atoms with van der Waals surface area (Å²) >= 11 is 0. The molecular weight excluding hydrogens is 250 g/mol. The van der Waals surface area contributed by atoms with E-state index in [-0.39, 0.29) is 11.9 Å².